The van der Waals surface area contributed by atoms with E-state index in [2.05, 4.69) is 42.2 Å². The van der Waals surface area contributed by atoms with Gasteiger partial charge in [-0.3, -0.25) is 52.9 Å². The van der Waals surface area contributed by atoms with E-state index in [4.69, 9.17) is 34.4 Å². The predicted octanol–water partition coefficient (Wildman–Crippen LogP) is -3.79. The number of rotatable bonds is 37. The smallest absolute Gasteiger partial charge is 0.328 e. The number of nitrogens with zero attached hydrogens (tertiary/aromatic N) is 2. The Morgan fingerprint density at radius 3 is 1.60 bits per heavy atom. The zero-order valence-corrected chi connectivity index (χ0v) is 46.6. The molecule has 10 atom stereocenters. The molecule has 1 heterocycles. The van der Waals surface area contributed by atoms with Crippen molar-refractivity contribution in [3.05, 3.63) is 35.9 Å². The third kappa shape index (κ3) is 25.1. The monoisotopic (exact) mass is 1130 g/mol. The maximum atomic E-state index is 14.8. The number of carbonyl (C=O) groups excluding carboxylic acids is 10. The van der Waals surface area contributed by atoms with Crippen molar-refractivity contribution in [2.24, 2.45) is 51.2 Å². The molecule has 0 saturated carbocycles. The lowest BCUT2D eigenvalue weighted by atomic mass is 10.00. The largest absolute Gasteiger partial charge is 0.480 e. The van der Waals surface area contributed by atoms with Crippen LogP contribution in [0.3, 0.4) is 0 Å². The lowest BCUT2D eigenvalue weighted by Crippen LogP contribution is -2.60. The van der Waals surface area contributed by atoms with Crippen molar-refractivity contribution >= 4 is 71.0 Å². The van der Waals surface area contributed by atoms with Gasteiger partial charge in [0.05, 0.1) is 12.1 Å². The number of aliphatic carboxylic acids is 1. The van der Waals surface area contributed by atoms with E-state index < -0.39 is 126 Å². The highest BCUT2D eigenvalue weighted by molar-refractivity contribution is 5.98. The van der Waals surface area contributed by atoms with Crippen molar-refractivity contribution in [1.29, 1.82) is 0 Å². The minimum Gasteiger partial charge on any atom is -0.480 e. The van der Waals surface area contributed by atoms with Gasteiger partial charge in [0.25, 0.3) is 0 Å². The molecule has 21 N–H and O–H groups in total. The minimum absolute atomic E-state index is 0.00779. The molecule has 1 aliphatic heterocycles. The van der Waals surface area contributed by atoms with E-state index >= 15 is 0 Å². The molecule has 80 heavy (non-hydrogen) atoms. The van der Waals surface area contributed by atoms with Crippen LogP contribution in [0.5, 0.6) is 0 Å². The van der Waals surface area contributed by atoms with Gasteiger partial charge in [-0.25, -0.2) is 4.79 Å². The molecule has 10 amide bonds. The third-order valence-corrected chi connectivity index (χ3v) is 13.0. The molecular formula is C52H87N15O13. The quantitative estimate of drug-likeness (QED) is 0.0173. The first-order valence-electron chi connectivity index (χ1n) is 27.1. The van der Waals surface area contributed by atoms with Crippen LogP contribution in [0.15, 0.2) is 35.3 Å². The molecule has 0 aromatic heterocycles. The Bertz CT molecular complexity index is 2280. The summed E-state index contributed by atoms with van der Waals surface area (Å²) >= 11 is 0. The summed E-state index contributed by atoms with van der Waals surface area (Å²) in [5, 5.41) is 37.8. The molecule has 1 aromatic carbocycles. The van der Waals surface area contributed by atoms with Crippen LogP contribution in [0.2, 0.25) is 0 Å². The van der Waals surface area contributed by atoms with Gasteiger partial charge in [-0.2, -0.15) is 0 Å². The number of aliphatic imine (C=N–C) groups is 1. The van der Waals surface area contributed by atoms with Crippen LogP contribution in [0.4, 0.5) is 0 Å². The molecule has 0 aliphatic carbocycles. The first-order valence-corrected chi connectivity index (χ1v) is 27.1. The second kappa shape index (κ2) is 35.2. The van der Waals surface area contributed by atoms with E-state index in [1.165, 1.54) is 11.8 Å². The molecule has 2 rings (SSSR count). The number of carbonyl (C=O) groups is 11. The number of nitrogens with one attached hydrogen (secondary N) is 7. The van der Waals surface area contributed by atoms with Crippen molar-refractivity contribution in [2.75, 3.05) is 19.6 Å². The van der Waals surface area contributed by atoms with E-state index in [9.17, 15) is 63.0 Å². The van der Waals surface area contributed by atoms with Gasteiger partial charge in [0.1, 0.15) is 42.3 Å². The molecule has 1 fully saturated rings. The highest BCUT2D eigenvalue weighted by atomic mass is 16.4. The van der Waals surface area contributed by atoms with Crippen molar-refractivity contribution in [1.82, 2.24) is 42.1 Å². The Morgan fingerprint density at radius 2 is 1.09 bits per heavy atom. The summed E-state index contributed by atoms with van der Waals surface area (Å²) in [5.74, 6) is -10.0. The molecule has 1 aromatic rings. The number of guanidine groups is 1. The van der Waals surface area contributed by atoms with E-state index in [1.807, 2.05) is 0 Å². The maximum Gasteiger partial charge on any atom is 0.328 e. The molecule has 28 heteroatoms. The summed E-state index contributed by atoms with van der Waals surface area (Å²) < 4.78 is 0. The second-order valence-corrected chi connectivity index (χ2v) is 20.9. The standard InChI is InChI=1S/C52H87N15O13/c1-28(2)25-36(63-46(74)35(19-21-41(56)70)60-43(71)32(54)18-20-40(55)69)47(75)62-33(15-9-10-22-53)44(72)61-34(16-11-23-59-52(57)58)45(73)65-38(27-31-13-7-6-8-14-31)50(78)67-24-12-17-39(67)49(77)64-37(26-29(3)4)48(76)66-42(30(5)68)51(79)80/h6-8,13-14,28-30,32-39,42,68H,9-12,15-27,53-54H2,1-5H3,(H2,55,69)(H2,56,70)(H,60,71)(H,61,72)(H,62,75)(H,63,74)(H,64,77)(H,65,73)(H,66,76)(H,79,80)(H4,57,58,59)/t30-,32+,33+,34+,35+,36+,37+,38+,39+,42+/m1/s1. The summed E-state index contributed by atoms with van der Waals surface area (Å²) in [6.45, 7) is 8.65. The zero-order chi connectivity index (χ0) is 60.2. The summed E-state index contributed by atoms with van der Waals surface area (Å²) in [6.07, 6.45) is -1.08. The van der Waals surface area contributed by atoms with E-state index in [0.29, 0.717) is 24.8 Å². The fourth-order valence-corrected chi connectivity index (χ4v) is 8.76. The van der Waals surface area contributed by atoms with E-state index in [0.717, 1.165) is 0 Å². The fourth-order valence-electron chi connectivity index (χ4n) is 8.76. The van der Waals surface area contributed by atoms with Crippen LogP contribution < -0.4 is 71.6 Å². The second-order valence-electron chi connectivity index (χ2n) is 20.9. The number of unbranched alkanes of at least 4 members (excludes halogenated alkanes) is 1. The number of primary amides is 2. The Morgan fingerprint density at radius 1 is 0.613 bits per heavy atom. The molecule has 448 valence electrons. The number of benzene rings is 1. The highest BCUT2D eigenvalue weighted by Crippen LogP contribution is 2.21. The number of hydrogen-bond acceptors (Lipinski definition) is 15. The number of carboxylic acid groups (broad SMARTS) is 1. The SMILES string of the molecule is CC(C)C[C@H](NC(=O)[C@H](CCC(N)=O)NC(=O)[C@@H](N)CCC(N)=O)C(=O)N[C@@H](CCCCN)C(=O)N[C@@H](CCCN=C(N)N)C(=O)N[C@@H](Cc1ccccc1)C(=O)N1CCC[C@H]1C(=O)N[C@@H](CC(C)C)C(=O)N[C@H](C(=O)O)[C@@H](C)O. The van der Waals surface area contributed by atoms with Crippen LogP contribution in [0.25, 0.3) is 0 Å². The van der Waals surface area contributed by atoms with Gasteiger partial charge in [-0.1, -0.05) is 58.0 Å². The Hall–Kier alpha value is -7.46. The number of aliphatic hydroxyl groups is 1. The van der Waals surface area contributed by atoms with Crippen molar-refractivity contribution in [2.45, 2.75) is 185 Å². The fraction of sp³-hybridized carbons (Fsp3) is 0.654. The highest BCUT2D eigenvalue weighted by Gasteiger charge is 2.41. The van der Waals surface area contributed by atoms with Gasteiger partial charge >= 0.3 is 5.97 Å². The summed E-state index contributed by atoms with van der Waals surface area (Å²) in [6, 6.07) is -3.41. The van der Waals surface area contributed by atoms with Crippen LogP contribution in [-0.4, -0.2) is 166 Å². The number of carboxylic acids is 1. The molecule has 0 unspecified atom stereocenters. The van der Waals surface area contributed by atoms with Gasteiger partial charge in [0, 0.05) is 32.4 Å². The van der Waals surface area contributed by atoms with Crippen LogP contribution in [0, 0.1) is 11.8 Å². The molecule has 0 bridgehead atoms. The molecule has 1 aliphatic rings. The average Bonchev–Trinajstić information content (AvgIpc) is 3.89. The van der Waals surface area contributed by atoms with Gasteiger partial charge in [0.15, 0.2) is 12.0 Å². The van der Waals surface area contributed by atoms with E-state index in [-0.39, 0.29) is 108 Å². The normalized spacial score (nSPS) is 16.5. The third-order valence-electron chi connectivity index (χ3n) is 13.0. The number of nitrogens with two attached hydrogens (primary N) is 6. The lowest BCUT2D eigenvalue weighted by molar-refractivity contribution is -0.145. The Labute approximate surface area is 466 Å². The predicted molar refractivity (Wildman–Crippen MR) is 294 cm³/mol. The Balaban J connectivity index is 2.54. The maximum absolute atomic E-state index is 14.8. The van der Waals surface area contributed by atoms with Crippen LogP contribution >= 0.6 is 0 Å². The molecular weight excluding hydrogens is 1040 g/mol. The average molecular weight is 1130 g/mol. The first-order chi connectivity index (χ1) is 37.6. The van der Waals surface area contributed by atoms with Crippen LogP contribution in [-0.2, 0) is 59.2 Å². The molecule has 28 nitrogen and oxygen atoms in total. The molecule has 0 radical (unpaired) electrons. The lowest BCUT2D eigenvalue weighted by Gasteiger charge is -2.31. The summed E-state index contributed by atoms with van der Waals surface area (Å²) in [7, 11) is 0. The number of likely N-dealkylation sites (tertiary alicyclic amines) is 1. The minimum atomic E-state index is -1.66. The summed E-state index contributed by atoms with van der Waals surface area (Å²) in [5.41, 5.74) is 34.0. The van der Waals surface area contributed by atoms with E-state index in [1.54, 1.807) is 58.0 Å². The number of amides is 10. The number of aliphatic hydroxyl groups excluding tert-OH is 1. The topological polar surface area (TPSA) is 484 Å². The Kier molecular flexibility index (Phi) is 30.2. The van der Waals surface area contributed by atoms with Crippen LogP contribution in [0.1, 0.15) is 124 Å². The molecule has 1 saturated heterocycles. The summed E-state index contributed by atoms with van der Waals surface area (Å²) in [4.78, 5) is 153. The number of hydrogen-bond donors (Lipinski definition) is 15. The van der Waals surface area contributed by atoms with Gasteiger partial charge in [-0.15, -0.1) is 0 Å². The van der Waals surface area contributed by atoms with Gasteiger partial charge in [0.2, 0.25) is 59.1 Å². The van der Waals surface area contributed by atoms with Crippen molar-refractivity contribution in [3.63, 3.8) is 0 Å². The molecule has 0 spiro atoms. The van der Waals surface area contributed by atoms with Crippen molar-refractivity contribution in [3.8, 4) is 0 Å². The zero-order valence-electron chi connectivity index (χ0n) is 46.6. The van der Waals surface area contributed by atoms with Gasteiger partial charge in [-0.05, 0) is 101 Å². The van der Waals surface area contributed by atoms with Gasteiger partial charge < -0.3 is 86.7 Å². The first kappa shape index (κ1) is 68.6. The van der Waals surface area contributed by atoms with Crippen molar-refractivity contribution < 1.29 is 63.0 Å².